The van der Waals surface area contributed by atoms with Crippen molar-refractivity contribution in [1.82, 2.24) is 5.32 Å². The van der Waals surface area contributed by atoms with Crippen LogP contribution in [0.3, 0.4) is 0 Å². The molecule has 0 spiro atoms. The Labute approximate surface area is 136 Å². The number of ether oxygens (including phenoxy) is 1. The van der Waals surface area contributed by atoms with Crippen molar-refractivity contribution in [1.29, 1.82) is 0 Å². The number of nitrogens with one attached hydrogen (secondary N) is 1. The highest BCUT2D eigenvalue weighted by molar-refractivity contribution is 6.34. The average Bonchev–Trinajstić information content (AvgIpc) is 2.45. The van der Waals surface area contributed by atoms with Gasteiger partial charge in [0.25, 0.3) is 0 Å². The van der Waals surface area contributed by atoms with Crippen LogP contribution in [0.5, 0.6) is 5.75 Å². The number of methoxy groups -OCH3 is 1. The van der Waals surface area contributed by atoms with Crippen LogP contribution < -0.4 is 10.1 Å². The monoisotopic (exact) mass is 323 g/mol. The highest BCUT2D eigenvalue weighted by atomic mass is 35.5. The lowest BCUT2D eigenvalue weighted by Crippen LogP contribution is -2.20. The molecule has 0 bridgehead atoms. The van der Waals surface area contributed by atoms with E-state index in [4.69, 9.17) is 27.9 Å². The molecule has 1 unspecified atom stereocenters. The van der Waals surface area contributed by atoms with Crippen LogP contribution in [0.25, 0.3) is 0 Å². The van der Waals surface area contributed by atoms with Crippen molar-refractivity contribution < 1.29 is 4.74 Å². The minimum absolute atomic E-state index is 0.0119. The Bertz CT molecular complexity index is 635. The average molecular weight is 324 g/mol. The van der Waals surface area contributed by atoms with Gasteiger partial charge in [0.05, 0.1) is 18.2 Å². The Kier molecular flexibility index (Phi) is 5.15. The minimum Gasteiger partial charge on any atom is -0.495 e. The van der Waals surface area contributed by atoms with E-state index in [9.17, 15) is 0 Å². The van der Waals surface area contributed by atoms with E-state index in [2.05, 4.69) is 37.4 Å². The summed E-state index contributed by atoms with van der Waals surface area (Å²) in [5, 5.41) is 4.53. The molecule has 0 saturated heterocycles. The van der Waals surface area contributed by atoms with Gasteiger partial charge in [-0.2, -0.15) is 0 Å². The maximum atomic E-state index is 6.43. The van der Waals surface area contributed by atoms with E-state index in [0.717, 1.165) is 5.56 Å². The molecule has 112 valence electrons. The number of hydrogen-bond donors (Lipinski definition) is 1. The van der Waals surface area contributed by atoms with Gasteiger partial charge in [0.15, 0.2) is 0 Å². The van der Waals surface area contributed by atoms with Crippen LogP contribution in [0.2, 0.25) is 10.0 Å². The Balaban J connectivity index is 2.60. The molecule has 0 saturated carbocycles. The molecule has 0 aliphatic rings. The minimum atomic E-state index is -0.0119. The summed E-state index contributed by atoms with van der Waals surface area (Å²) in [6.45, 7) is 4.21. The highest BCUT2D eigenvalue weighted by Crippen LogP contribution is 2.37. The first kappa shape index (κ1) is 16.2. The Morgan fingerprint density at radius 2 is 1.67 bits per heavy atom. The molecule has 4 heteroatoms. The summed E-state index contributed by atoms with van der Waals surface area (Å²) in [5.74, 6) is 0.585. The molecule has 0 heterocycles. The molecule has 0 aliphatic carbocycles. The molecule has 21 heavy (non-hydrogen) atoms. The molecule has 1 N–H and O–H groups in total. The van der Waals surface area contributed by atoms with Crippen molar-refractivity contribution in [3.05, 3.63) is 62.6 Å². The van der Waals surface area contributed by atoms with Gasteiger partial charge in [-0.25, -0.2) is 0 Å². The summed E-state index contributed by atoms with van der Waals surface area (Å²) in [4.78, 5) is 0. The normalized spacial score (nSPS) is 12.3. The van der Waals surface area contributed by atoms with Crippen LogP contribution >= 0.6 is 23.2 Å². The number of benzene rings is 2. The molecule has 0 aromatic heterocycles. The van der Waals surface area contributed by atoms with Crippen LogP contribution in [0.15, 0.2) is 30.3 Å². The predicted octanol–water partition coefficient (Wildman–Crippen LogP) is 4.93. The SMILES string of the molecule is CNC(c1cc(Cl)c(OC)cc1Cl)c1c(C)cccc1C. The number of aryl methyl sites for hydroxylation is 2. The van der Waals surface area contributed by atoms with E-state index in [1.165, 1.54) is 16.7 Å². The Morgan fingerprint density at radius 3 is 2.19 bits per heavy atom. The summed E-state index contributed by atoms with van der Waals surface area (Å²) in [5.41, 5.74) is 4.61. The van der Waals surface area contributed by atoms with Crippen molar-refractivity contribution >= 4 is 23.2 Å². The number of rotatable bonds is 4. The fraction of sp³-hybridized carbons (Fsp3) is 0.294. The summed E-state index contributed by atoms with van der Waals surface area (Å²) in [7, 11) is 3.50. The zero-order valence-electron chi connectivity index (χ0n) is 12.6. The van der Waals surface area contributed by atoms with E-state index in [1.807, 2.05) is 13.1 Å². The van der Waals surface area contributed by atoms with Crippen molar-refractivity contribution in [3.63, 3.8) is 0 Å². The van der Waals surface area contributed by atoms with E-state index in [1.54, 1.807) is 13.2 Å². The fourth-order valence-electron chi connectivity index (χ4n) is 2.66. The van der Waals surface area contributed by atoms with Gasteiger partial charge in [-0.05, 0) is 49.2 Å². The molecule has 2 aromatic carbocycles. The molecule has 2 rings (SSSR count). The third-order valence-electron chi connectivity index (χ3n) is 3.70. The fourth-order valence-corrected chi connectivity index (χ4v) is 3.17. The van der Waals surface area contributed by atoms with Crippen LogP contribution in [0, 0.1) is 13.8 Å². The van der Waals surface area contributed by atoms with Gasteiger partial charge in [0, 0.05) is 11.1 Å². The quantitative estimate of drug-likeness (QED) is 0.861. The summed E-state index contributed by atoms with van der Waals surface area (Å²) in [6, 6.07) is 9.88. The summed E-state index contributed by atoms with van der Waals surface area (Å²) < 4.78 is 5.21. The Morgan fingerprint density at radius 1 is 1.05 bits per heavy atom. The zero-order valence-corrected chi connectivity index (χ0v) is 14.1. The van der Waals surface area contributed by atoms with Gasteiger partial charge in [0.1, 0.15) is 5.75 Å². The van der Waals surface area contributed by atoms with E-state index in [-0.39, 0.29) is 6.04 Å². The summed E-state index contributed by atoms with van der Waals surface area (Å²) >= 11 is 12.7. The van der Waals surface area contributed by atoms with Gasteiger partial charge >= 0.3 is 0 Å². The third-order valence-corrected chi connectivity index (χ3v) is 4.32. The first-order valence-corrected chi connectivity index (χ1v) is 7.51. The molecule has 2 aromatic rings. The van der Waals surface area contributed by atoms with E-state index < -0.39 is 0 Å². The molecule has 1 atom stereocenters. The lowest BCUT2D eigenvalue weighted by Gasteiger charge is -2.23. The highest BCUT2D eigenvalue weighted by Gasteiger charge is 2.20. The Hall–Kier alpha value is -1.22. The lowest BCUT2D eigenvalue weighted by atomic mass is 9.91. The maximum absolute atomic E-state index is 6.43. The van der Waals surface area contributed by atoms with Crippen LogP contribution in [0.1, 0.15) is 28.3 Å². The molecule has 0 amide bonds. The van der Waals surface area contributed by atoms with Gasteiger partial charge in [-0.3, -0.25) is 0 Å². The zero-order chi connectivity index (χ0) is 15.6. The lowest BCUT2D eigenvalue weighted by molar-refractivity contribution is 0.415. The summed E-state index contributed by atoms with van der Waals surface area (Å²) in [6.07, 6.45) is 0. The molecular formula is C17H19Cl2NO. The van der Waals surface area contributed by atoms with Crippen molar-refractivity contribution in [3.8, 4) is 5.75 Å². The standard InChI is InChI=1S/C17H19Cl2NO/c1-10-6-5-7-11(2)16(10)17(20-3)12-8-14(19)15(21-4)9-13(12)18/h5-9,17,20H,1-4H3. The second kappa shape index (κ2) is 6.69. The third kappa shape index (κ3) is 3.18. The second-order valence-corrected chi connectivity index (χ2v) is 5.85. The molecular weight excluding hydrogens is 305 g/mol. The largest absolute Gasteiger partial charge is 0.495 e. The van der Waals surface area contributed by atoms with Crippen LogP contribution in [-0.4, -0.2) is 14.2 Å². The number of halogens is 2. The van der Waals surface area contributed by atoms with Gasteiger partial charge in [-0.15, -0.1) is 0 Å². The van der Waals surface area contributed by atoms with Crippen molar-refractivity contribution in [2.75, 3.05) is 14.2 Å². The molecule has 2 nitrogen and oxygen atoms in total. The number of hydrogen-bond acceptors (Lipinski definition) is 2. The molecule has 0 aliphatic heterocycles. The van der Waals surface area contributed by atoms with Gasteiger partial charge in [0.2, 0.25) is 0 Å². The van der Waals surface area contributed by atoms with Gasteiger partial charge < -0.3 is 10.1 Å². The van der Waals surface area contributed by atoms with Crippen molar-refractivity contribution in [2.24, 2.45) is 0 Å². The maximum Gasteiger partial charge on any atom is 0.138 e. The smallest absolute Gasteiger partial charge is 0.138 e. The van der Waals surface area contributed by atoms with Crippen molar-refractivity contribution in [2.45, 2.75) is 19.9 Å². The van der Waals surface area contributed by atoms with Gasteiger partial charge in [-0.1, -0.05) is 41.4 Å². The topological polar surface area (TPSA) is 21.3 Å². The van der Waals surface area contributed by atoms with E-state index in [0.29, 0.717) is 15.8 Å². The van der Waals surface area contributed by atoms with Crippen LogP contribution in [0.4, 0.5) is 0 Å². The van der Waals surface area contributed by atoms with E-state index >= 15 is 0 Å². The molecule has 0 radical (unpaired) electrons. The molecule has 0 fully saturated rings. The first-order chi connectivity index (χ1) is 9.99. The van der Waals surface area contributed by atoms with Crippen LogP contribution in [-0.2, 0) is 0 Å². The predicted molar refractivity (Wildman–Crippen MR) is 89.8 cm³/mol. The second-order valence-electron chi connectivity index (χ2n) is 5.04. The first-order valence-electron chi connectivity index (χ1n) is 6.76.